The Labute approximate surface area is 247 Å². The number of piperazine rings is 1. The normalized spacial score (nSPS) is 16.1. The lowest BCUT2D eigenvalue weighted by Gasteiger charge is -2.38. The van der Waals surface area contributed by atoms with E-state index in [4.69, 9.17) is 9.47 Å². The van der Waals surface area contributed by atoms with Crippen LogP contribution in [0.25, 0.3) is 10.9 Å². The third kappa shape index (κ3) is 9.15. The molecular weight excluding hydrogens is 576 g/mol. The second-order valence-electron chi connectivity index (χ2n) is 12.3. The fraction of sp³-hybridized carbons (Fsp3) is 0.586. The van der Waals surface area contributed by atoms with Gasteiger partial charge in [0.05, 0.1) is 34.8 Å². The highest BCUT2D eigenvalue weighted by Crippen LogP contribution is 2.36. The van der Waals surface area contributed by atoms with Gasteiger partial charge in [0.25, 0.3) is 5.91 Å². The zero-order chi connectivity index (χ0) is 32.3. The fourth-order valence-electron chi connectivity index (χ4n) is 4.50. The predicted octanol–water partition coefficient (Wildman–Crippen LogP) is 4.47. The summed E-state index contributed by atoms with van der Waals surface area (Å²) in [5.41, 5.74) is -2.35. The first-order chi connectivity index (χ1) is 19.8. The van der Waals surface area contributed by atoms with Crippen molar-refractivity contribution >= 4 is 34.6 Å². The number of benzene rings is 1. The number of carbonyl (C=O) groups is 3. The molecule has 2 unspecified atom stereocenters. The average molecular weight is 615 g/mol. The van der Waals surface area contributed by atoms with Crippen molar-refractivity contribution in [3.8, 4) is 0 Å². The number of alkyl halides is 4. The van der Waals surface area contributed by atoms with Gasteiger partial charge in [0.1, 0.15) is 24.0 Å². The number of aliphatic hydroxyl groups excluding tert-OH is 1. The Hall–Kier alpha value is -3.68. The summed E-state index contributed by atoms with van der Waals surface area (Å²) >= 11 is 0. The number of carbonyl (C=O) groups excluding carboxylic acids is 3. The lowest BCUT2D eigenvalue weighted by molar-refractivity contribution is -0.156. The van der Waals surface area contributed by atoms with Gasteiger partial charge in [-0.3, -0.25) is 14.6 Å². The molecule has 1 aromatic heterocycles. The molecule has 1 saturated heterocycles. The highest BCUT2D eigenvalue weighted by atomic mass is 19.4. The molecule has 1 aliphatic rings. The minimum absolute atomic E-state index is 0.0231. The number of aromatic nitrogens is 1. The number of nitrogens with one attached hydrogen (secondary N) is 1. The van der Waals surface area contributed by atoms with E-state index < -0.39 is 66.2 Å². The summed E-state index contributed by atoms with van der Waals surface area (Å²) in [4.78, 5) is 45.9. The maximum atomic E-state index is 13.6. The second kappa shape index (κ2) is 12.9. The summed E-state index contributed by atoms with van der Waals surface area (Å²) in [6, 6.07) is 1.60. The second-order valence-corrected chi connectivity index (χ2v) is 12.3. The number of amides is 2. The number of hydrogen-bond acceptors (Lipinski definition) is 8. The van der Waals surface area contributed by atoms with E-state index >= 15 is 0 Å². The van der Waals surface area contributed by atoms with E-state index in [1.807, 2.05) is 0 Å². The molecule has 1 aliphatic heterocycles. The molecule has 0 saturated carbocycles. The van der Waals surface area contributed by atoms with Crippen LogP contribution in [0.15, 0.2) is 24.4 Å². The van der Waals surface area contributed by atoms with Gasteiger partial charge in [0.2, 0.25) is 0 Å². The first kappa shape index (κ1) is 33.8. The molecule has 2 amide bonds. The zero-order valence-electron chi connectivity index (χ0n) is 25.0. The predicted molar refractivity (Wildman–Crippen MR) is 150 cm³/mol. The number of esters is 1. The van der Waals surface area contributed by atoms with Crippen LogP contribution in [0.5, 0.6) is 0 Å². The fourth-order valence-corrected chi connectivity index (χ4v) is 4.50. The minimum atomic E-state index is -4.62. The summed E-state index contributed by atoms with van der Waals surface area (Å²) < 4.78 is 64.5. The number of hydrogen-bond donors (Lipinski definition) is 2. The summed E-state index contributed by atoms with van der Waals surface area (Å²) in [7, 11) is 0. The number of aliphatic hydroxyl groups is 1. The Kier molecular flexibility index (Phi) is 10.1. The number of fused-ring (bicyclic) bond motifs is 1. The van der Waals surface area contributed by atoms with Crippen LogP contribution in [-0.4, -0.2) is 89.2 Å². The van der Waals surface area contributed by atoms with Crippen molar-refractivity contribution in [1.82, 2.24) is 15.2 Å². The van der Waals surface area contributed by atoms with Gasteiger partial charge in [-0.15, -0.1) is 0 Å². The van der Waals surface area contributed by atoms with E-state index in [2.05, 4.69) is 10.3 Å². The lowest BCUT2D eigenvalue weighted by atomic mass is 10.0. The maximum Gasteiger partial charge on any atom is 0.416 e. The summed E-state index contributed by atoms with van der Waals surface area (Å²) in [6.07, 6.45) is -6.32. The molecule has 2 N–H and O–H groups in total. The molecule has 1 aromatic carbocycles. The van der Waals surface area contributed by atoms with Crippen LogP contribution in [0.1, 0.15) is 63.9 Å². The van der Waals surface area contributed by atoms with Crippen LogP contribution < -0.4 is 10.2 Å². The molecule has 2 heterocycles. The first-order valence-electron chi connectivity index (χ1n) is 13.8. The molecule has 238 valence electrons. The zero-order valence-corrected chi connectivity index (χ0v) is 25.0. The van der Waals surface area contributed by atoms with Gasteiger partial charge in [0, 0.05) is 37.8 Å². The Morgan fingerprint density at radius 3 is 2.14 bits per heavy atom. The molecule has 1 fully saturated rings. The van der Waals surface area contributed by atoms with E-state index in [-0.39, 0.29) is 48.3 Å². The highest BCUT2D eigenvalue weighted by Gasteiger charge is 2.34. The molecule has 10 nitrogen and oxygen atoms in total. The Balaban J connectivity index is 1.98. The van der Waals surface area contributed by atoms with Crippen molar-refractivity contribution in [3.05, 3.63) is 35.5 Å². The van der Waals surface area contributed by atoms with Crippen molar-refractivity contribution in [2.45, 2.75) is 77.5 Å². The van der Waals surface area contributed by atoms with Crippen LogP contribution in [0.4, 0.5) is 28.0 Å². The largest absolute Gasteiger partial charge is 0.460 e. The molecule has 0 aliphatic carbocycles. The maximum absolute atomic E-state index is 13.6. The number of halogens is 4. The van der Waals surface area contributed by atoms with Gasteiger partial charge < -0.3 is 29.7 Å². The third-order valence-corrected chi connectivity index (χ3v) is 6.41. The van der Waals surface area contributed by atoms with E-state index in [1.54, 1.807) is 46.4 Å². The number of ether oxygens (including phenoxy) is 2. The van der Waals surface area contributed by atoms with Crippen LogP contribution in [-0.2, 0) is 20.4 Å². The number of nitrogens with zero attached hydrogens (tertiary/aromatic N) is 3. The van der Waals surface area contributed by atoms with Gasteiger partial charge in [-0.25, -0.2) is 9.18 Å². The van der Waals surface area contributed by atoms with E-state index in [9.17, 15) is 37.1 Å². The molecule has 0 spiro atoms. The van der Waals surface area contributed by atoms with E-state index in [1.165, 1.54) is 11.0 Å². The lowest BCUT2D eigenvalue weighted by Crippen LogP contribution is -2.51. The molecule has 3 rings (SSSR count). The molecular formula is C29H38F4N4O6. The van der Waals surface area contributed by atoms with Crippen LogP contribution in [0.2, 0.25) is 0 Å². The smallest absolute Gasteiger partial charge is 0.416 e. The molecule has 14 heteroatoms. The van der Waals surface area contributed by atoms with Gasteiger partial charge in [-0.2, -0.15) is 13.2 Å². The van der Waals surface area contributed by atoms with Crippen molar-refractivity contribution in [2.75, 3.05) is 37.8 Å². The molecule has 2 aromatic rings. The summed E-state index contributed by atoms with van der Waals surface area (Å²) in [5, 5.41) is 12.9. The van der Waals surface area contributed by atoms with Gasteiger partial charge in [0.15, 0.2) is 0 Å². The Morgan fingerprint density at radius 2 is 1.60 bits per heavy atom. The molecule has 43 heavy (non-hydrogen) atoms. The van der Waals surface area contributed by atoms with Crippen LogP contribution >= 0.6 is 0 Å². The van der Waals surface area contributed by atoms with Gasteiger partial charge >= 0.3 is 18.2 Å². The molecule has 0 radical (unpaired) electrons. The van der Waals surface area contributed by atoms with Gasteiger partial charge in [-0.1, -0.05) is 6.07 Å². The summed E-state index contributed by atoms with van der Waals surface area (Å²) in [6.45, 7) is 9.63. The van der Waals surface area contributed by atoms with Crippen molar-refractivity contribution in [1.29, 1.82) is 0 Å². The standard InChI is InChI=1S/C29H38F4N4O6/c1-27(2,3)42-23(39)14-21(22(38)15-30)35-25(40)19-16-34-20-13-17(29(31,32)33)7-8-18(20)24(19)36-9-11-37(12-10-36)26(41)43-28(4,5)6/h7-8,13,16,21-22,38H,9-12,14-15H2,1-6H3,(H,35,40). The number of anilines is 1. The summed E-state index contributed by atoms with van der Waals surface area (Å²) in [5.74, 6) is -1.61. The number of rotatable bonds is 7. The van der Waals surface area contributed by atoms with Crippen molar-refractivity contribution in [2.24, 2.45) is 0 Å². The average Bonchev–Trinajstić information content (AvgIpc) is 2.88. The van der Waals surface area contributed by atoms with E-state index in [0.717, 1.165) is 18.3 Å². The first-order valence-corrected chi connectivity index (χ1v) is 13.8. The highest BCUT2D eigenvalue weighted by molar-refractivity contribution is 6.07. The van der Waals surface area contributed by atoms with E-state index in [0.29, 0.717) is 0 Å². The van der Waals surface area contributed by atoms with Gasteiger partial charge in [-0.05, 0) is 53.7 Å². The Morgan fingerprint density at radius 1 is 1.00 bits per heavy atom. The quantitative estimate of drug-likeness (QED) is 0.346. The SMILES string of the molecule is CC(C)(C)OC(=O)CC(NC(=O)c1cnc2cc(C(F)(F)F)ccc2c1N1CCN(C(=O)OC(C)(C)C)CC1)C(O)CF. The van der Waals surface area contributed by atoms with Crippen LogP contribution in [0.3, 0.4) is 0 Å². The third-order valence-electron chi connectivity index (χ3n) is 6.41. The van der Waals surface area contributed by atoms with Crippen LogP contribution in [0, 0.1) is 0 Å². The Bertz CT molecular complexity index is 1330. The monoisotopic (exact) mass is 614 g/mol. The molecule has 0 bridgehead atoms. The molecule has 2 atom stereocenters. The number of pyridine rings is 1. The van der Waals surface area contributed by atoms with Crippen molar-refractivity contribution < 1.29 is 46.5 Å². The minimum Gasteiger partial charge on any atom is -0.460 e. The topological polar surface area (TPSA) is 121 Å². The van der Waals surface area contributed by atoms with Crippen molar-refractivity contribution in [3.63, 3.8) is 0 Å².